The highest BCUT2D eigenvalue weighted by atomic mass is 16.2. The molecule has 0 bridgehead atoms. The van der Waals surface area contributed by atoms with Gasteiger partial charge in [-0.1, -0.05) is 46.5 Å². The molecule has 19 heavy (non-hydrogen) atoms. The number of amides is 2. The van der Waals surface area contributed by atoms with Gasteiger partial charge in [0.25, 0.3) is 0 Å². The largest absolute Gasteiger partial charge is 0.331 e. The standard InChI is InChI=1S/C16H32N2O/c1-6-8-10-16(3,11-9-7-2)14-12-18(13-14)15(19)17(4)5/h14H,6-13H2,1-5H3. The zero-order valence-corrected chi connectivity index (χ0v) is 13.5. The molecule has 1 aliphatic heterocycles. The third kappa shape index (κ3) is 4.12. The highest BCUT2D eigenvalue weighted by Crippen LogP contribution is 2.43. The lowest BCUT2D eigenvalue weighted by Gasteiger charge is -2.50. The molecule has 0 radical (unpaired) electrons. The van der Waals surface area contributed by atoms with Crippen LogP contribution in [0.1, 0.15) is 59.3 Å². The molecule has 1 rings (SSSR count). The predicted octanol–water partition coefficient (Wildman–Crippen LogP) is 3.99. The van der Waals surface area contributed by atoms with E-state index in [9.17, 15) is 4.79 Å². The first-order valence-corrected chi connectivity index (χ1v) is 7.90. The van der Waals surface area contributed by atoms with Gasteiger partial charge < -0.3 is 9.80 Å². The minimum atomic E-state index is 0.171. The zero-order valence-electron chi connectivity index (χ0n) is 13.5. The Balaban J connectivity index is 2.52. The summed E-state index contributed by atoms with van der Waals surface area (Å²) in [6.45, 7) is 8.90. The van der Waals surface area contributed by atoms with Gasteiger partial charge >= 0.3 is 6.03 Å². The molecule has 1 saturated heterocycles. The van der Waals surface area contributed by atoms with Crippen LogP contribution < -0.4 is 0 Å². The maximum atomic E-state index is 11.9. The van der Waals surface area contributed by atoms with Crippen molar-refractivity contribution in [2.45, 2.75) is 59.3 Å². The summed E-state index contributed by atoms with van der Waals surface area (Å²) in [5, 5.41) is 0. The van der Waals surface area contributed by atoms with E-state index in [1.54, 1.807) is 4.90 Å². The number of unbranched alkanes of at least 4 members (excludes halogenated alkanes) is 2. The van der Waals surface area contributed by atoms with Gasteiger partial charge in [0.05, 0.1) is 0 Å². The van der Waals surface area contributed by atoms with E-state index in [1.165, 1.54) is 38.5 Å². The maximum absolute atomic E-state index is 11.9. The van der Waals surface area contributed by atoms with E-state index in [2.05, 4.69) is 20.8 Å². The van der Waals surface area contributed by atoms with Crippen molar-refractivity contribution < 1.29 is 4.79 Å². The Labute approximate surface area is 119 Å². The van der Waals surface area contributed by atoms with Gasteiger partial charge in [0.15, 0.2) is 0 Å². The maximum Gasteiger partial charge on any atom is 0.319 e. The second-order valence-corrected chi connectivity index (χ2v) is 6.64. The molecule has 0 aromatic carbocycles. The quantitative estimate of drug-likeness (QED) is 0.685. The molecule has 0 aliphatic carbocycles. The fraction of sp³-hybridized carbons (Fsp3) is 0.938. The third-order valence-corrected chi connectivity index (χ3v) is 4.72. The average Bonchev–Trinajstić information content (AvgIpc) is 2.32. The van der Waals surface area contributed by atoms with Crippen LogP contribution in [0.5, 0.6) is 0 Å². The Kier molecular flexibility index (Phi) is 6.15. The van der Waals surface area contributed by atoms with Crippen molar-refractivity contribution in [3.05, 3.63) is 0 Å². The molecule has 1 fully saturated rings. The number of carbonyl (C=O) groups excluding carboxylic acids is 1. The molecular formula is C16H32N2O. The number of urea groups is 1. The molecule has 1 heterocycles. The van der Waals surface area contributed by atoms with Gasteiger partial charge in [-0.05, 0) is 24.2 Å². The number of likely N-dealkylation sites (tertiary alicyclic amines) is 1. The van der Waals surface area contributed by atoms with Crippen LogP contribution in [0.15, 0.2) is 0 Å². The summed E-state index contributed by atoms with van der Waals surface area (Å²) in [6, 6.07) is 0.171. The number of hydrogen-bond donors (Lipinski definition) is 0. The summed E-state index contributed by atoms with van der Waals surface area (Å²) < 4.78 is 0. The van der Waals surface area contributed by atoms with E-state index >= 15 is 0 Å². The second kappa shape index (κ2) is 7.16. The van der Waals surface area contributed by atoms with E-state index in [-0.39, 0.29) is 6.03 Å². The molecule has 3 nitrogen and oxygen atoms in total. The van der Waals surface area contributed by atoms with E-state index in [0.717, 1.165) is 13.1 Å². The van der Waals surface area contributed by atoms with Gasteiger partial charge in [-0.2, -0.15) is 0 Å². The molecule has 0 unspecified atom stereocenters. The van der Waals surface area contributed by atoms with Crippen LogP contribution in [0.25, 0.3) is 0 Å². The summed E-state index contributed by atoms with van der Waals surface area (Å²) in [6.07, 6.45) is 7.82. The smallest absolute Gasteiger partial charge is 0.319 e. The van der Waals surface area contributed by atoms with Crippen molar-refractivity contribution in [2.75, 3.05) is 27.2 Å². The minimum Gasteiger partial charge on any atom is -0.331 e. The number of nitrogens with zero attached hydrogens (tertiary/aromatic N) is 2. The van der Waals surface area contributed by atoms with Crippen LogP contribution in [0, 0.1) is 11.3 Å². The normalized spacial score (nSPS) is 16.4. The molecule has 3 heteroatoms. The van der Waals surface area contributed by atoms with E-state index in [1.807, 2.05) is 19.0 Å². The lowest BCUT2D eigenvalue weighted by Crippen LogP contribution is -2.58. The Morgan fingerprint density at radius 3 is 2.00 bits per heavy atom. The molecule has 2 amide bonds. The molecule has 0 aromatic rings. The van der Waals surface area contributed by atoms with Crippen molar-refractivity contribution in [3.8, 4) is 0 Å². The van der Waals surface area contributed by atoms with Crippen molar-refractivity contribution >= 4 is 6.03 Å². The van der Waals surface area contributed by atoms with Crippen LogP contribution in [-0.4, -0.2) is 43.0 Å². The minimum absolute atomic E-state index is 0.171. The van der Waals surface area contributed by atoms with Crippen molar-refractivity contribution in [1.82, 2.24) is 9.80 Å². The molecule has 0 spiro atoms. The predicted molar refractivity (Wildman–Crippen MR) is 81.3 cm³/mol. The van der Waals surface area contributed by atoms with Gasteiger partial charge in [0.2, 0.25) is 0 Å². The lowest BCUT2D eigenvalue weighted by atomic mass is 9.67. The number of hydrogen-bond acceptors (Lipinski definition) is 1. The van der Waals surface area contributed by atoms with Crippen molar-refractivity contribution in [2.24, 2.45) is 11.3 Å². The van der Waals surface area contributed by atoms with Crippen LogP contribution in [0.4, 0.5) is 4.79 Å². The summed E-state index contributed by atoms with van der Waals surface area (Å²) in [5.74, 6) is 0.703. The molecular weight excluding hydrogens is 236 g/mol. The third-order valence-electron chi connectivity index (χ3n) is 4.72. The first kappa shape index (κ1) is 16.3. The summed E-state index contributed by atoms with van der Waals surface area (Å²) >= 11 is 0. The zero-order chi connectivity index (χ0) is 14.5. The van der Waals surface area contributed by atoms with Crippen LogP contribution in [0.3, 0.4) is 0 Å². The SMILES string of the molecule is CCCCC(C)(CCCC)C1CN(C(=O)N(C)C)C1. The Morgan fingerprint density at radius 1 is 1.16 bits per heavy atom. The summed E-state index contributed by atoms with van der Waals surface area (Å²) in [5.41, 5.74) is 0.440. The van der Waals surface area contributed by atoms with Crippen LogP contribution >= 0.6 is 0 Å². The van der Waals surface area contributed by atoms with E-state index in [0.29, 0.717) is 11.3 Å². The summed E-state index contributed by atoms with van der Waals surface area (Å²) in [7, 11) is 3.67. The van der Waals surface area contributed by atoms with E-state index < -0.39 is 0 Å². The van der Waals surface area contributed by atoms with E-state index in [4.69, 9.17) is 0 Å². The second-order valence-electron chi connectivity index (χ2n) is 6.64. The number of rotatable bonds is 7. The number of carbonyl (C=O) groups is 1. The van der Waals surface area contributed by atoms with Gasteiger partial charge in [-0.25, -0.2) is 4.79 Å². The van der Waals surface area contributed by atoms with Crippen LogP contribution in [0.2, 0.25) is 0 Å². The van der Waals surface area contributed by atoms with Crippen molar-refractivity contribution in [1.29, 1.82) is 0 Å². The van der Waals surface area contributed by atoms with Gasteiger partial charge in [-0.15, -0.1) is 0 Å². The molecule has 0 saturated carbocycles. The molecule has 0 N–H and O–H groups in total. The van der Waals surface area contributed by atoms with Crippen molar-refractivity contribution in [3.63, 3.8) is 0 Å². The Morgan fingerprint density at radius 2 is 1.63 bits per heavy atom. The first-order chi connectivity index (χ1) is 8.94. The fourth-order valence-electron chi connectivity index (χ4n) is 3.05. The molecule has 0 aromatic heterocycles. The van der Waals surface area contributed by atoms with Crippen LogP contribution in [-0.2, 0) is 0 Å². The highest BCUT2D eigenvalue weighted by molar-refractivity contribution is 5.74. The molecule has 0 atom stereocenters. The lowest BCUT2D eigenvalue weighted by molar-refractivity contribution is 0.0104. The average molecular weight is 268 g/mol. The molecule has 1 aliphatic rings. The van der Waals surface area contributed by atoms with Gasteiger partial charge in [0.1, 0.15) is 0 Å². The Bertz CT molecular complexity index is 274. The van der Waals surface area contributed by atoms with Gasteiger partial charge in [-0.3, -0.25) is 0 Å². The highest BCUT2D eigenvalue weighted by Gasteiger charge is 2.42. The first-order valence-electron chi connectivity index (χ1n) is 7.90. The monoisotopic (exact) mass is 268 g/mol. The Hall–Kier alpha value is -0.730. The fourth-order valence-corrected chi connectivity index (χ4v) is 3.05. The topological polar surface area (TPSA) is 23.6 Å². The molecule has 112 valence electrons. The van der Waals surface area contributed by atoms with Gasteiger partial charge in [0, 0.05) is 27.2 Å². The summed E-state index contributed by atoms with van der Waals surface area (Å²) in [4.78, 5) is 15.6.